The molecule has 2 amide bonds. The highest BCUT2D eigenvalue weighted by molar-refractivity contribution is 6.36. The normalized spacial score (nSPS) is 14.9. The second-order valence-corrected chi connectivity index (χ2v) is 8.44. The monoisotopic (exact) mass is 440 g/mol. The molecule has 0 saturated heterocycles. The van der Waals surface area contributed by atoms with Crippen molar-refractivity contribution in [2.75, 3.05) is 12.1 Å². The third kappa shape index (κ3) is 3.84. The lowest BCUT2D eigenvalue weighted by Gasteiger charge is -2.16. The van der Waals surface area contributed by atoms with Crippen molar-refractivity contribution < 1.29 is 19.1 Å². The number of fused-ring (bicyclic) bond motifs is 1. The van der Waals surface area contributed by atoms with E-state index in [1.807, 2.05) is 75.4 Å². The number of aryl methyl sites for hydroxylation is 3. The SMILES string of the molecule is Cc1ccc(C2=C(Nc3ccc(C)cc3C)C(=O)N(Cc3ccc4c(c3)OCO4)C2=O)cc1. The Morgan fingerprint density at radius 2 is 1.55 bits per heavy atom. The Morgan fingerprint density at radius 1 is 0.818 bits per heavy atom. The predicted molar refractivity (Wildman–Crippen MR) is 126 cm³/mol. The van der Waals surface area contributed by atoms with Gasteiger partial charge in [0.25, 0.3) is 11.8 Å². The summed E-state index contributed by atoms with van der Waals surface area (Å²) in [6.07, 6.45) is 0. The maximum absolute atomic E-state index is 13.5. The van der Waals surface area contributed by atoms with Crippen LogP contribution in [0, 0.1) is 20.8 Å². The van der Waals surface area contributed by atoms with Gasteiger partial charge in [0.15, 0.2) is 11.5 Å². The van der Waals surface area contributed by atoms with Gasteiger partial charge in [-0.15, -0.1) is 0 Å². The first-order valence-corrected chi connectivity index (χ1v) is 10.8. The third-order valence-electron chi connectivity index (χ3n) is 5.93. The summed E-state index contributed by atoms with van der Waals surface area (Å²) in [6.45, 7) is 6.30. The van der Waals surface area contributed by atoms with Crippen molar-refractivity contribution in [3.63, 3.8) is 0 Å². The maximum Gasteiger partial charge on any atom is 0.278 e. The topological polar surface area (TPSA) is 67.9 Å². The highest BCUT2D eigenvalue weighted by atomic mass is 16.7. The zero-order valence-electron chi connectivity index (χ0n) is 18.8. The van der Waals surface area contributed by atoms with E-state index in [1.165, 1.54) is 4.90 Å². The van der Waals surface area contributed by atoms with Gasteiger partial charge in [-0.05, 0) is 55.7 Å². The predicted octanol–water partition coefficient (Wildman–Crippen LogP) is 4.73. The first-order chi connectivity index (χ1) is 15.9. The fraction of sp³-hybridized carbons (Fsp3) is 0.185. The van der Waals surface area contributed by atoms with Crippen molar-refractivity contribution in [2.45, 2.75) is 27.3 Å². The number of rotatable bonds is 5. The molecule has 0 radical (unpaired) electrons. The van der Waals surface area contributed by atoms with Crippen LogP contribution in [0.5, 0.6) is 11.5 Å². The van der Waals surface area contributed by atoms with E-state index in [1.54, 1.807) is 6.07 Å². The molecular formula is C27H24N2O4. The average Bonchev–Trinajstić information content (AvgIpc) is 3.35. The lowest BCUT2D eigenvalue weighted by molar-refractivity contribution is -0.137. The molecule has 0 bridgehead atoms. The highest BCUT2D eigenvalue weighted by Gasteiger charge is 2.39. The summed E-state index contributed by atoms with van der Waals surface area (Å²) in [6, 6.07) is 19.0. The number of hydrogen-bond acceptors (Lipinski definition) is 5. The fourth-order valence-electron chi connectivity index (χ4n) is 4.13. The van der Waals surface area contributed by atoms with E-state index >= 15 is 0 Å². The van der Waals surface area contributed by atoms with Gasteiger partial charge in [0.05, 0.1) is 12.1 Å². The Hall–Kier alpha value is -4.06. The summed E-state index contributed by atoms with van der Waals surface area (Å²) in [4.78, 5) is 28.3. The molecule has 0 aliphatic carbocycles. The minimum Gasteiger partial charge on any atom is -0.454 e. The van der Waals surface area contributed by atoms with Crippen LogP contribution in [0.3, 0.4) is 0 Å². The van der Waals surface area contributed by atoms with E-state index in [0.717, 1.165) is 27.9 Å². The number of anilines is 1. The number of ether oxygens (including phenoxy) is 2. The molecule has 33 heavy (non-hydrogen) atoms. The molecule has 2 aliphatic heterocycles. The summed E-state index contributed by atoms with van der Waals surface area (Å²) < 4.78 is 10.8. The molecule has 3 aromatic carbocycles. The Kier molecular flexibility index (Phi) is 5.13. The fourth-order valence-corrected chi connectivity index (χ4v) is 4.13. The first-order valence-electron chi connectivity index (χ1n) is 10.8. The molecule has 0 fully saturated rings. The van der Waals surface area contributed by atoms with Crippen LogP contribution in [0.2, 0.25) is 0 Å². The number of carbonyl (C=O) groups is 2. The van der Waals surface area contributed by atoms with E-state index in [4.69, 9.17) is 9.47 Å². The van der Waals surface area contributed by atoms with Gasteiger partial charge in [-0.3, -0.25) is 14.5 Å². The Morgan fingerprint density at radius 3 is 2.30 bits per heavy atom. The smallest absolute Gasteiger partial charge is 0.278 e. The maximum atomic E-state index is 13.5. The molecule has 6 heteroatoms. The zero-order valence-corrected chi connectivity index (χ0v) is 18.8. The lowest BCUT2D eigenvalue weighted by Crippen LogP contribution is -2.32. The molecule has 3 aromatic rings. The largest absolute Gasteiger partial charge is 0.454 e. The summed E-state index contributed by atoms with van der Waals surface area (Å²) in [5.41, 5.74) is 6.17. The first kappa shape index (κ1) is 20.8. The number of hydrogen-bond donors (Lipinski definition) is 1. The average molecular weight is 440 g/mol. The van der Waals surface area contributed by atoms with Gasteiger partial charge in [-0.25, -0.2) is 0 Å². The van der Waals surface area contributed by atoms with Gasteiger partial charge in [0.1, 0.15) is 5.70 Å². The van der Waals surface area contributed by atoms with Crippen LogP contribution >= 0.6 is 0 Å². The van der Waals surface area contributed by atoms with Gasteiger partial charge in [0.2, 0.25) is 6.79 Å². The van der Waals surface area contributed by atoms with Gasteiger partial charge < -0.3 is 14.8 Å². The van der Waals surface area contributed by atoms with E-state index in [0.29, 0.717) is 22.6 Å². The minimum absolute atomic E-state index is 0.141. The van der Waals surface area contributed by atoms with Crippen LogP contribution in [-0.4, -0.2) is 23.5 Å². The standard InChI is InChI=1S/C27H24N2O4/c1-16-4-8-20(9-5-16)24-25(28-21-10-6-17(2)12-18(21)3)27(31)29(26(24)30)14-19-7-11-22-23(13-19)33-15-32-22/h4-13,28H,14-15H2,1-3H3. The molecule has 0 aromatic heterocycles. The molecule has 0 spiro atoms. The van der Waals surface area contributed by atoms with E-state index < -0.39 is 0 Å². The molecule has 0 saturated carbocycles. The Bertz CT molecular complexity index is 1310. The minimum atomic E-state index is -0.354. The van der Waals surface area contributed by atoms with Crippen LogP contribution in [0.25, 0.3) is 5.57 Å². The van der Waals surface area contributed by atoms with Crippen molar-refractivity contribution in [1.82, 2.24) is 4.90 Å². The number of carbonyl (C=O) groups excluding carboxylic acids is 2. The van der Waals surface area contributed by atoms with Crippen molar-refractivity contribution in [2.24, 2.45) is 0 Å². The molecule has 0 atom stereocenters. The molecule has 6 nitrogen and oxygen atoms in total. The Balaban J connectivity index is 1.52. The van der Waals surface area contributed by atoms with Gasteiger partial charge in [-0.2, -0.15) is 0 Å². The summed E-state index contributed by atoms with van der Waals surface area (Å²) in [7, 11) is 0. The summed E-state index contributed by atoms with van der Waals surface area (Å²) in [5.74, 6) is 0.599. The number of nitrogens with one attached hydrogen (secondary N) is 1. The van der Waals surface area contributed by atoms with E-state index in [-0.39, 0.29) is 30.8 Å². The van der Waals surface area contributed by atoms with Crippen LogP contribution in [0.15, 0.2) is 66.4 Å². The van der Waals surface area contributed by atoms with Gasteiger partial charge >= 0.3 is 0 Å². The molecule has 5 rings (SSSR count). The van der Waals surface area contributed by atoms with Crippen LogP contribution in [0.4, 0.5) is 5.69 Å². The number of nitrogens with zero attached hydrogens (tertiary/aromatic N) is 1. The molecular weight excluding hydrogens is 416 g/mol. The van der Waals surface area contributed by atoms with Crippen LogP contribution in [-0.2, 0) is 16.1 Å². The van der Waals surface area contributed by atoms with Crippen molar-refractivity contribution >= 4 is 23.1 Å². The van der Waals surface area contributed by atoms with E-state index in [2.05, 4.69) is 5.32 Å². The second kappa shape index (κ2) is 8.13. The molecule has 1 N–H and O–H groups in total. The third-order valence-corrected chi connectivity index (χ3v) is 5.93. The number of imide groups is 1. The molecule has 2 aliphatic rings. The van der Waals surface area contributed by atoms with Crippen molar-refractivity contribution in [3.8, 4) is 11.5 Å². The summed E-state index contributed by atoms with van der Waals surface area (Å²) >= 11 is 0. The van der Waals surface area contributed by atoms with Gasteiger partial charge in [-0.1, -0.05) is 53.6 Å². The molecule has 0 unspecified atom stereocenters. The van der Waals surface area contributed by atoms with Crippen LogP contribution < -0.4 is 14.8 Å². The molecule has 2 heterocycles. The number of amides is 2. The zero-order chi connectivity index (χ0) is 23.1. The van der Waals surface area contributed by atoms with Crippen LogP contribution in [0.1, 0.15) is 27.8 Å². The Labute approximate surface area is 192 Å². The van der Waals surface area contributed by atoms with Crippen molar-refractivity contribution in [3.05, 3.63) is 94.2 Å². The quantitative estimate of drug-likeness (QED) is 0.581. The second-order valence-electron chi connectivity index (χ2n) is 8.44. The van der Waals surface area contributed by atoms with Crippen molar-refractivity contribution in [1.29, 1.82) is 0 Å². The highest BCUT2D eigenvalue weighted by Crippen LogP contribution is 2.35. The molecule has 166 valence electrons. The summed E-state index contributed by atoms with van der Waals surface area (Å²) in [5, 5.41) is 3.26. The van der Waals surface area contributed by atoms with E-state index in [9.17, 15) is 9.59 Å². The van der Waals surface area contributed by atoms with Gasteiger partial charge in [0, 0.05) is 5.69 Å². The number of benzene rings is 3. The lowest BCUT2D eigenvalue weighted by atomic mass is 10.0.